The van der Waals surface area contributed by atoms with Gasteiger partial charge in [0.2, 0.25) is 0 Å². The Labute approximate surface area is 187 Å². The van der Waals surface area contributed by atoms with Crippen molar-refractivity contribution in [2.75, 3.05) is 11.8 Å². The molecule has 0 aliphatic rings. The number of ether oxygens (including phenoxy) is 1. The number of sulfonamides is 1. The third-order valence-corrected chi connectivity index (χ3v) is 6.76. The van der Waals surface area contributed by atoms with Gasteiger partial charge in [-0.15, -0.1) is 0 Å². The van der Waals surface area contributed by atoms with E-state index in [2.05, 4.69) is 14.7 Å². The zero-order valence-electron chi connectivity index (χ0n) is 17.0. The fourth-order valence-electron chi connectivity index (χ4n) is 3.42. The summed E-state index contributed by atoms with van der Waals surface area (Å²) in [6.45, 7) is 1.59. The molecule has 0 aliphatic carbocycles. The van der Waals surface area contributed by atoms with E-state index in [4.69, 9.17) is 16.3 Å². The number of benzene rings is 3. The Morgan fingerprint density at radius 3 is 2.22 bits per heavy atom. The van der Waals surface area contributed by atoms with Crippen molar-refractivity contribution in [3.05, 3.63) is 85.9 Å². The first kappa shape index (κ1) is 21.7. The normalized spacial score (nSPS) is 11.5. The van der Waals surface area contributed by atoms with E-state index in [9.17, 15) is 18.0 Å². The molecule has 0 saturated carbocycles. The van der Waals surface area contributed by atoms with Gasteiger partial charge in [0.05, 0.1) is 33.7 Å². The van der Waals surface area contributed by atoms with Crippen LogP contribution in [0, 0.1) is 6.92 Å². The van der Waals surface area contributed by atoms with Crippen LogP contribution >= 0.6 is 11.6 Å². The number of aromatic amines is 2. The highest BCUT2D eigenvalue weighted by Gasteiger charge is 2.19. The van der Waals surface area contributed by atoms with Crippen LogP contribution in [-0.2, 0) is 10.0 Å². The summed E-state index contributed by atoms with van der Waals surface area (Å²) >= 11 is 6.45. The Balaban J connectivity index is 1.72. The fraction of sp³-hybridized carbons (Fsp3) is 0.0909. The molecule has 1 heterocycles. The van der Waals surface area contributed by atoms with Crippen molar-refractivity contribution in [1.29, 1.82) is 0 Å². The Hall–Kier alpha value is -3.56. The number of aromatic nitrogens is 2. The van der Waals surface area contributed by atoms with Crippen LogP contribution in [0.1, 0.15) is 5.56 Å². The molecule has 164 valence electrons. The van der Waals surface area contributed by atoms with E-state index in [0.717, 1.165) is 5.56 Å². The Morgan fingerprint density at radius 1 is 0.906 bits per heavy atom. The number of hydrogen-bond donors (Lipinski definition) is 3. The molecule has 0 amide bonds. The second-order valence-electron chi connectivity index (χ2n) is 7.07. The second-order valence-corrected chi connectivity index (χ2v) is 9.13. The number of nitrogens with one attached hydrogen (secondary N) is 3. The molecule has 0 aliphatic heterocycles. The fourth-order valence-corrected chi connectivity index (χ4v) is 5.00. The molecule has 10 heteroatoms. The van der Waals surface area contributed by atoms with E-state index < -0.39 is 21.1 Å². The van der Waals surface area contributed by atoms with Gasteiger partial charge in [0.15, 0.2) is 0 Å². The Morgan fingerprint density at radius 2 is 1.56 bits per heavy atom. The molecule has 0 saturated heterocycles. The number of methoxy groups -OCH3 is 1. The largest absolute Gasteiger partial charge is 0.496 e. The van der Waals surface area contributed by atoms with Crippen LogP contribution in [0.15, 0.2) is 69.1 Å². The summed E-state index contributed by atoms with van der Waals surface area (Å²) < 4.78 is 34.0. The molecule has 0 atom stereocenters. The molecular formula is C22H18ClN3O5S. The molecule has 0 spiro atoms. The lowest BCUT2D eigenvalue weighted by Gasteiger charge is -2.14. The smallest absolute Gasteiger partial charge is 0.314 e. The van der Waals surface area contributed by atoms with E-state index in [0.29, 0.717) is 27.4 Å². The first-order chi connectivity index (χ1) is 15.2. The molecule has 0 radical (unpaired) electrons. The monoisotopic (exact) mass is 471 g/mol. The van der Waals surface area contributed by atoms with Gasteiger partial charge in [0.25, 0.3) is 10.0 Å². The highest BCUT2D eigenvalue weighted by Crippen LogP contribution is 2.36. The number of fused-ring (bicyclic) bond motifs is 1. The molecule has 1 aromatic heterocycles. The number of rotatable bonds is 5. The lowest BCUT2D eigenvalue weighted by molar-refractivity contribution is 0.416. The van der Waals surface area contributed by atoms with Crippen LogP contribution in [0.2, 0.25) is 5.02 Å². The molecule has 0 bridgehead atoms. The van der Waals surface area contributed by atoms with Crippen LogP contribution in [0.4, 0.5) is 5.69 Å². The van der Waals surface area contributed by atoms with Crippen molar-refractivity contribution in [3.8, 4) is 16.9 Å². The summed E-state index contributed by atoms with van der Waals surface area (Å²) in [5, 5.41) is 0.340. The van der Waals surface area contributed by atoms with Crippen molar-refractivity contribution >= 4 is 38.3 Å². The van der Waals surface area contributed by atoms with Crippen LogP contribution in [0.5, 0.6) is 5.75 Å². The maximum absolute atomic E-state index is 13.0. The third kappa shape index (κ3) is 4.00. The predicted octanol–water partition coefficient (Wildman–Crippen LogP) is 3.65. The molecule has 0 unspecified atom stereocenters. The summed E-state index contributed by atoms with van der Waals surface area (Å²) in [6.07, 6.45) is 0. The lowest BCUT2D eigenvalue weighted by Crippen LogP contribution is -2.29. The highest BCUT2D eigenvalue weighted by molar-refractivity contribution is 7.92. The van der Waals surface area contributed by atoms with E-state index in [1.54, 1.807) is 26.2 Å². The number of aryl methyl sites for hydroxylation is 1. The summed E-state index contributed by atoms with van der Waals surface area (Å²) in [7, 11) is -2.45. The van der Waals surface area contributed by atoms with Gasteiger partial charge in [-0.2, -0.15) is 0 Å². The summed E-state index contributed by atoms with van der Waals surface area (Å²) in [6, 6.07) is 15.0. The van der Waals surface area contributed by atoms with E-state index in [1.807, 2.05) is 24.3 Å². The molecule has 4 aromatic rings. The van der Waals surface area contributed by atoms with Crippen LogP contribution in [0.3, 0.4) is 0 Å². The molecule has 3 N–H and O–H groups in total. The van der Waals surface area contributed by atoms with Gasteiger partial charge in [-0.25, -0.2) is 8.42 Å². The quantitative estimate of drug-likeness (QED) is 0.383. The average molecular weight is 472 g/mol. The Kier molecular flexibility index (Phi) is 5.53. The van der Waals surface area contributed by atoms with Gasteiger partial charge in [-0.3, -0.25) is 14.3 Å². The van der Waals surface area contributed by atoms with Crippen molar-refractivity contribution in [3.63, 3.8) is 0 Å². The second kappa shape index (κ2) is 8.18. The number of anilines is 1. The van der Waals surface area contributed by atoms with Crippen molar-refractivity contribution in [2.45, 2.75) is 11.8 Å². The van der Waals surface area contributed by atoms with Gasteiger partial charge < -0.3 is 14.7 Å². The Bertz CT molecular complexity index is 1580. The van der Waals surface area contributed by atoms with Crippen molar-refractivity contribution < 1.29 is 13.2 Å². The van der Waals surface area contributed by atoms with Crippen LogP contribution in [-0.4, -0.2) is 25.5 Å². The van der Waals surface area contributed by atoms with Crippen LogP contribution < -0.4 is 20.6 Å². The third-order valence-electron chi connectivity index (χ3n) is 4.93. The van der Waals surface area contributed by atoms with Gasteiger partial charge in [-0.1, -0.05) is 35.9 Å². The zero-order valence-corrected chi connectivity index (χ0v) is 18.6. The number of H-pyrrole nitrogens is 2. The van der Waals surface area contributed by atoms with Gasteiger partial charge in [0, 0.05) is 11.1 Å². The average Bonchev–Trinajstić information content (AvgIpc) is 2.74. The van der Waals surface area contributed by atoms with Crippen molar-refractivity contribution in [2.24, 2.45) is 0 Å². The maximum Gasteiger partial charge on any atom is 0.314 e. The molecule has 3 aromatic carbocycles. The maximum atomic E-state index is 13.0. The van der Waals surface area contributed by atoms with E-state index in [-0.39, 0.29) is 16.1 Å². The molecule has 0 fully saturated rings. The van der Waals surface area contributed by atoms with E-state index in [1.165, 1.54) is 18.2 Å². The first-order valence-corrected chi connectivity index (χ1v) is 11.3. The lowest BCUT2D eigenvalue weighted by atomic mass is 10.0. The minimum absolute atomic E-state index is 0.0439. The van der Waals surface area contributed by atoms with Gasteiger partial charge in [-0.05, 0) is 42.8 Å². The molecular weight excluding hydrogens is 454 g/mol. The summed E-state index contributed by atoms with van der Waals surface area (Å²) in [4.78, 5) is 27.9. The summed E-state index contributed by atoms with van der Waals surface area (Å²) in [5.41, 5.74) is 0.980. The SMILES string of the molecule is COc1ccccc1-c1ccc(NS(=O)(=O)c2cc3[nH]c(=O)c(=O)[nH]c3cc2C)cc1Cl. The predicted molar refractivity (Wildman–Crippen MR) is 124 cm³/mol. The number of hydrogen-bond acceptors (Lipinski definition) is 5. The molecule has 32 heavy (non-hydrogen) atoms. The number of halogens is 1. The van der Waals surface area contributed by atoms with Gasteiger partial charge in [0.1, 0.15) is 5.75 Å². The number of para-hydroxylation sites is 1. The topological polar surface area (TPSA) is 121 Å². The first-order valence-electron chi connectivity index (χ1n) is 9.42. The molecule has 4 rings (SSSR count). The van der Waals surface area contributed by atoms with E-state index >= 15 is 0 Å². The minimum atomic E-state index is -4.01. The standard InChI is InChI=1S/C22H18ClN3O5S/c1-12-9-17-18(25-22(28)21(27)24-17)11-20(12)32(29,30)26-13-7-8-14(16(23)10-13)15-5-3-4-6-19(15)31-2/h3-11,26H,1-2H3,(H,24,27)(H,25,28). The summed E-state index contributed by atoms with van der Waals surface area (Å²) in [5.74, 6) is 0.640. The zero-order chi connectivity index (χ0) is 23.0. The van der Waals surface area contributed by atoms with Gasteiger partial charge >= 0.3 is 11.1 Å². The molecule has 8 nitrogen and oxygen atoms in total. The van der Waals surface area contributed by atoms with Crippen molar-refractivity contribution in [1.82, 2.24) is 9.97 Å². The minimum Gasteiger partial charge on any atom is -0.496 e. The highest BCUT2D eigenvalue weighted by atomic mass is 35.5. The van der Waals surface area contributed by atoms with Crippen LogP contribution in [0.25, 0.3) is 22.2 Å².